The Labute approximate surface area is 184 Å². The van der Waals surface area contributed by atoms with Crippen LogP contribution in [-0.2, 0) is 0 Å². The second kappa shape index (κ2) is 10.7. The van der Waals surface area contributed by atoms with Crippen LogP contribution in [0.4, 0.5) is 10.3 Å². The number of hydrogen-bond donors (Lipinski definition) is 1. The number of allylic oxidation sites excluding steroid dienone is 11. The Morgan fingerprint density at radius 1 is 1.23 bits per heavy atom. The Kier molecular flexibility index (Phi) is 7.70. The van der Waals surface area contributed by atoms with Gasteiger partial charge in [-0.2, -0.15) is 5.10 Å². The number of anilines is 1. The molecule has 0 aromatic carbocycles. The molecule has 162 valence electrons. The lowest BCUT2D eigenvalue weighted by Crippen LogP contribution is -2.19. The van der Waals surface area contributed by atoms with Crippen molar-refractivity contribution in [3.8, 4) is 0 Å². The van der Waals surface area contributed by atoms with Crippen LogP contribution in [0.15, 0.2) is 82.7 Å². The van der Waals surface area contributed by atoms with Gasteiger partial charge in [0, 0.05) is 30.4 Å². The predicted molar refractivity (Wildman–Crippen MR) is 127 cm³/mol. The summed E-state index contributed by atoms with van der Waals surface area (Å²) in [4.78, 5) is 9.02. The first-order valence-corrected chi connectivity index (χ1v) is 10.7. The van der Waals surface area contributed by atoms with Gasteiger partial charge in [0.15, 0.2) is 0 Å². The van der Waals surface area contributed by atoms with E-state index in [9.17, 15) is 4.39 Å². The van der Waals surface area contributed by atoms with Gasteiger partial charge in [-0.1, -0.05) is 37.6 Å². The molecule has 3 rings (SSSR count). The zero-order valence-electron chi connectivity index (χ0n) is 18.7. The minimum absolute atomic E-state index is 0.153. The van der Waals surface area contributed by atoms with Gasteiger partial charge in [0.2, 0.25) is 5.95 Å². The van der Waals surface area contributed by atoms with Crippen molar-refractivity contribution in [2.45, 2.75) is 47.0 Å². The molecule has 6 heteroatoms. The summed E-state index contributed by atoms with van der Waals surface area (Å²) >= 11 is 0. The molecule has 1 N–H and O–H groups in total. The molecule has 1 aromatic rings. The molecule has 1 aliphatic carbocycles. The van der Waals surface area contributed by atoms with E-state index >= 15 is 0 Å². The van der Waals surface area contributed by atoms with E-state index in [4.69, 9.17) is 5.10 Å². The fraction of sp³-hybridized carbons (Fsp3) is 0.320. The summed E-state index contributed by atoms with van der Waals surface area (Å²) in [7, 11) is 0. The van der Waals surface area contributed by atoms with Crippen molar-refractivity contribution in [1.29, 1.82) is 0 Å². The highest BCUT2D eigenvalue weighted by atomic mass is 19.1. The van der Waals surface area contributed by atoms with Crippen LogP contribution in [0, 0.1) is 0 Å². The highest BCUT2D eigenvalue weighted by Crippen LogP contribution is 2.28. The van der Waals surface area contributed by atoms with E-state index in [1.807, 2.05) is 62.2 Å². The normalized spacial score (nSPS) is 18.3. The molecule has 1 aliphatic heterocycles. The molecule has 0 spiro atoms. The first-order chi connectivity index (χ1) is 15.0. The third-order valence-corrected chi connectivity index (χ3v) is 5.11. The van der Waals surface area contributed by atoms with Crippen LogP contribution in [0.1, 0.15) is 52.7 Å². The maximum atomic E-state index is 13.6. The van der Waals surface area contributed by atoms with Crippen LogP contribution in [-0.4, -0.2) is 27.2 Å². The van der Waals surface area contributed by atoms with Crippen molar-refractivity contribution in [3.63, 3.8) is 0 Å². The topological polar surface area (TPSA) is 53.4 Å². The summed E-state index contributed by atoms with van der Waals surface area (Å²) in [6.45, 7) is 9.00. The molecule has 0 atom stereocenters. The van der Waals surface area contributed by atoms with Gasteiger partial charge in [-0.05, 0) is 57.1 Å². The smallest absolute Gasteiger partial charge is 0.223 e. The van der Waals surface area contributed by atoms with Gasteiger partial charge >= 0.3 is 0 Å². The third-order valence-electron chi connectivity index (χ3n) is 5.11. The Morgan fingerprint density at radius 2 is 2.06 bits per heavy atom. The van der Waals surface area contributed by atoms with Gasteiger partial charge in [0.25, 0.3) is 0 Å². The zero-order valence-corrected chi connectivity index (χ0v) is 18.7. The maximum Gasteiger partial charge on any atom is 0.223 e. The third kappa shape index (κ3) is 5.87. The van der Waals surface area contributed by atoms with Crippen LogP contribution < -0.4 is 5.32 Å². The molecule has 31 heavy (non-hydrogen) atoms. The predicted octanol–water partition coefficient (Wildman–Crippen LogP) is 6.31. The average Bonchev–Trinajstić information content (AvgIpc) is 2.99. The fourth-order valence-electron chi connectivity index (χ4n) is 3.24. The lowest BCUT2D eigenvalue weighted by Gasteiger charge is -2.26. The number of nitrogens with zero attached hydrogens (tertiary/aromatic N) is 4. The Morgan fingerprint density at radius 3 is 2.87 bits per heavy atom. The van der Waals surface area contributed by atoms with Crippen LogP contribution in [0.25, 0.3) is 5.57 Å². The van der Waals surface area contributed by atoms with E-state index in [1.165, 1.54) is 6.08 Å². The first-order valence-electron chi connectivity index (χ1n) is 10.7. The van der Waals surface area contributed by atoms with E-state index in [1.54, 1.807) is 12.3 Å². The van der Waals surface area contributed by atoms with E-state index < -0.39 is 0 Å². The highest BCUT2D eigenvalue weighted by molar-refractivity contribution is 6.01. The lowest BCUT2D eigenvalue weighted by molar-refractivity contribution is 0.467. The van der Waals surface area contributed by atoms with Crippen LogP contribution in [0.2, 0.25) is 0 Å². The van der Waals surface area contributed by atoms with E-state index in [2.05, 4.69) is 22.2 Å². The van der Waals surface area contributed by atoms with Gasteiger partial charge in [-0.3, -0.25) is 0 Å². The summed E-state index contributed by atoms with van der Waals surface area (Å²) in [5.41, 5.74) is 5.47. The molecular weight excluding hydrogens is 389 g/mol. The van der Waals surface area contributed by atoms with Gasteiger partial charge in [0.1, 0.15) is 5.83 Å². The first kappa shape index (κ1) is 22.4. The van der Waals surface area contributed by atoms with Crippen LogP contribution in [0.5, 0.6) is 0 Å². The van der Waals surface area contributed by atoms with Crippen molar-refractivity contribution >= 4 is 17.2 Å². The second-order valence-electron chi connectivity index (χ2n) is 7.56. The quantitative estimate of drug-likeness (QED) is 0.416. The largest absolute Gasteiger partial charge is 0.354 e. The molecule has 5 nitrogen and oxygen atoms in total. The van der Waals surface area contributed by atoms with Gasteiger partial charge in [0.05, 0.1) is 17.1 Å². The molecule has 2 aliphatic rings. The minimum Gasteiger partial charge on any atom is -0.354 e. The Bertz CT molecular complexity index is 1020. The number of aromatic nitrogens is 2. The molecule has 2 heterocycles. The summed E-state index contributed by atoms with van der Waals surface area (Å²) in [6.07, 6.45) is 17.3. The molecule has 0 radical (unpaired) electrons. The summed E-state index contributed by atoms with van der Waals surface area (Å²) in [5.74, 6) is 0.478. The monoisotopic (exact) mass is 419 g/mol. The average molecular weight is 420 g/mol. The molecular formula is C25H30FN5. The zero-order chi connectivity index (χ0) is 22.2. The molecule has 0 saturated carbocycles. The molecule has 0 amide bonds. The molecule has 0 fully saturated rings. The lowest BCUT2D eigenvalue weighted by atomic mass is 10.1. The minimum atomic E-state index is -0.153. The molecule has 1 aromatic heterocycles. The summed E-state index contributed by atoms with van der Waals surface area (Å²) in [6, 6.07) is 1.91. The maximum absolute atomic E-state index is 13.6. The number of nitrogens with one attached hydrogen (secondary N) is 1. The van der Waals surface area contributed by atoms with Crippen molar-refractivity contribution < 1.29 is 4.39 Å². The van der Waals surface area contributed by atoms with Crippen LogP contribution in [0.3, 0.4) is 0 Å². The summed E-state index contributed by atoms with van der Waals surface area (Å²) < 4.78 is 13.6. The van der Waals surface area contributed by atoms with Crippen molar-refractivity contribution in [1.82, 2.24) is 15.0 Å². The fourth-order valence-corrected chi connectivity index (χ4v) is 3.24. The van der Waals surface area contributed by atoms with E-state index in [-0.39, 0.29) is 5.83 Å². The van der Waals surface area contributed by atoms with E-state index in [0.29, 0.717) is 12.4 Å². The second-order valence-corrected chi connectivity index (χ2v) is 7.56. The standard InChI is InChI=1S/C25H30FN5/c1-5-6-16-27-25-28-17-15-23(29-25)19(3)24-12-7-9-18(2)31(24)30-20(4)21-10-8-11-22(26)14-13-21/h7-10,12-15,17H,5-6,11,16H2,1-4H3,(H,27,28,29)/b24-19+,30-20+. The van der Waals surface area contributed by atoms with Gasteiger partial charge in [-0.25, -0.2) is 19.4 Å². The number of hydrogen-bond acceptors (Lipinski definition) is 5. The van der Waals surface area contributed by atoms with Crippen molar-refractivity contribution in [2.24, 2.45) is 5.10 Å². The highest BCUT2D eigenvalue weighted by Gasteiger charge is 2.17. The van der Waals surface area contributed by atoms with Gasteiger partial charge in [-0.15, -0.1) is 0 Å². The Balaban J connectivity index is 1.93. The van der Waals surface area contributed by atoms with Gasteiger partial charge < -0.3 is 5.32 Å². The molecule has 0 bridgehead atoms. The van der Waals surface area contributed by atoms with E-state index in [0.717, 1.165) is 53.3 Å². The number of unbranched alkanes of at least 4 members (excludes halogenated alkanes) is 1. The van der Waals surface area contributed by atoms with Crippen molar-refractivity contribution in [2.75, 3.05) is 11.9 Å². The number of hydrazone groups is 1. The van der Waals surface area contributed by atoms with Crippen molar-refractivity contribution in [3.05, 3.63) is 83.3 Å². The number of halogens is 1. The Hall–Kier alpha value is -3.28. The summed E-state index contributed by atoms with van der Waals surface area (Å²) in [5, 5.41) is 10.1. The molecule has 0 saturated heterocycles. The van der Waals surface area contributed by atoms with Crippen LogP contribution >= 0.6 is 0 Å². The number of rotatable bonds is 7. The molecule has 0 unspecified atom stereocenters. The SMILES string of the molecule is CCCCNc1nccc(/C(C)=C2\C=CC=C(C)N2/N=C(\C)C2=CC=C(F)CC=C2)n1.